The number of aromatic nitrogens is 1. The van der Waals surface area contributed by atoms with E-state index in [1.165, 1.54) is 27.8 Å². The molecule has 0 radical (unpaired) electrons. The van der Waals surface area contributed by atoms with Gasteiger partial charge < -0.3 is 9.47 Å². The fourth-order valence-electron chi connectivity index (χ4n) is 3.73. The van der Waals surface area contributed by atoms with Gasteiger partial charge in [-0.1, -0.05) is 50.3 Å². The zero-order valence-corrected chi connectivity index (χ0v) is 17.3. The van der Waals surface area contributed by atoms with Gasteiger partial charge >= 0.3 is 0 Å². The van der Waals surface area contributed by atoms with Crippen LogP contribution in [0.1, 0.15) is 41.8 Å². The molecule has 1 aromatic heterocycles. The molecule has 0 bridgehead atoms. The van der Waals surface area contributed by atoms with Crippen LogP contribution in [0.25, 0.3) is 11.6 Å². The minimum absolute atomic E-state index is 0.441. The summed E-state index contributed by atoms with van der Waals surface area (Å²) in [5.41, 5.74) is 7.58. The molecular weight excluding hydrogens is 358 g/mol. The van der Waals surface area contributed by atoms with Crippen molar-refractivity contribution in [3.05, 3.63) is 88.7 Å². The molecule has 1 heterocycles. The Morgan fingerprint density at radius 3 is 2.62 bits per heavy atom. The van der Waals surface area contributed by atoms with E-state index in [0.29, 0.717) is 12.5 Å². The lowest BCUT2D eigenvalue weighted by Crippen LogP contribution is -1.98. The van der Waals surface area contributed by atoms with Crippen LogP contribution >= 0.6 is 0 Å². The van der Waals surface area contributed by atoms with E-state index in [0.717, 1.165) is 30.0 Å². The molecule has 3 aromatic rings. The lowest BCUT2D eigenvalue weighted by molar-refractivity contribution is 0.300. The van der Waals surface area contributed by atoms with Gasteiger partial charge in [0, 0.05) is 0 Å². The molecule has 2 aromatic carbocycles. The molecule has 1 aliphatic carbocycles. The molecule has 0 aliphatic heterocycles. The maximum absolute atomic E-state index is 5.96. The van der Waals surface area contributed by atoms with Gasteiger partial charge in [0.1, 0.15) is 18.1 Å². The molecule has 0 saturated heterocycles. The molecule has 0 fully saturated rings. The van der Waals surface area contributed by atoms with E-state index in [-0.39, 0.29) is 0 Å². The minimum atomic E-state index is 0.441. The zero-order chi connectivity index (χ0) is 20.2. The quantitative estimate of drug-likeness (QED) is 0.502. The Balaban J connectivity index is 1.46. The number of benzene rings is 2. The molecule has 0 spiro atoms. The Hall–Kier alpha value is -3.07. The van der Waals surface area contributed by atoms with Crippen LogP contribution in [0.2, 0.25) is 0 Å². The third kappa shape index (κ3) is 4.68. The summed E-state index contributed by atoms with van der Waals surface area (Å²) in [6.07, 6.45) is 6.10. The monoisotopic (exact) mass is 385 g/mol. The molecule has 0 N–H and O–H groups in total. The summed E-state index contributed by atoms with van der Waals surface area (Å²) in [6, 6.07) is 19.1. The summed E-state index contributed by atoms with van der Waals surface area (Å²) >= 11 is 0. The van der Waals surface area contributed by atoms with Crippen molar-refractivity contribution in [2.75, 3.05) is 7.11 Å². The SMILES string of the molecule is COc1ccc(COc2ccc3c(c2)C=C(c2cccc(CC(C)C)c2)C3)nc1. The van der Waals surface area contributed by atoms with Crippen molar-refractivity contribution in [2.45, 2.75) is 33.3 Å². The van der Waals surface area contributed by atoms with E-state index in [9.17, 15) is 0 Å². The van der Waals surface area contributed by atoms with E-state index in [4.69, 9.17) is 9.47 Å². The number of hydrogen-bond donors (Lipinski definition) is 0. The molecule has 0 saturated carbocycles. The fraction of sp³-hybridized carbons (Fsp3) is 0.269. The smallest absolute Gasteiger partial charge is 0.137 e. The molecule has 0 atom stereocenters. The number of methoxy groups -OCH3 is 1. The molecule has 0 amide bonds. The molecule has 3 nitrogen and oxygen atoms in total. The number of nitrogens with zero attached hydrogens (tertiary/aromatic N) is 1. The van der Waals surface area contributed by atoms with Gasteiger partial charge in [0.25, 0.3) is 0 Å². The van der Waals surface area contributed by atoms with Crippen molar-refractivity contribution in [1.82, 2.24) is 4.98 Å². The zero-order valence-electron chi connectivity index (χ0n) is 17.3. The standard InChI is InChI=1S/C26H27NO2/c1-18(2)11-19-5-4-6-20(12-19)22-13-21-7-9-25(15-23(21)14-22)29-17-24-8-10-26(28-3)16-27-24/h4-10,12,14-16,18H,11,13,17H2,1-3H3. The molecule has 4 rings (SSSR count). The first kappa shape index (κ1) is 19.3. The van der Waals surface area contributed by atoms with E-state index >= 15 is 0 Å². The topological polar surface area (TPSA) is 31.4 Å². The number of allylic oxidation sites excluding steroid dienone is 1. The van der Waals surface area contributed by atoms with Gasteiger partial charge in [-0.05, 0) is 70.9 Å². The molecule has 148 valence electrons. The minimum Gasteiger partial charge on any atom is -0.495 e. The first-order chi connectivity index (χ1) is 14.1. The Kier molecular flexibility index (Phi) is 5.66. The summed E-state index contributed by atoms with van der Waals surface area (Å²) in [5, 5.41) is 0. The average Bonchev–Trinajstić information content (AvgIpc) is 3.16. The van der Waals surface area contributed by atoms with Crippen LogP contribution in [0.15, 0.2) is 60.8 Å². The Bertz CT molecular complexity index is 1020. The normalized spacial score (nSPS) is 12.6. The van der Waals surface area contributed by atoms with Crippen LogP contribution < -0.4 is 9.47 Å². The molecule has 0 unspecified atom stereocenters. The molecule has 1 aliphatic rings. The van der Waals surface area contributed by atoms with Gasteiger partial charge in [-0.2, -0.15) is 0 Å². The second-order valence-electron chi connectivity index (χ2n) is 7.98. The van der Waals surface area contributed by atoms with Crippen LogP contribution in [0.3, 0.4) is 0 Å². The third-order valence-corrected chi connectivity index (χ3v) is 5.19. The molecule has 29 heavy (non-hydrogen) atoms. The largest absolute Gasteiger partial charge is 0.495 e. The van der Waals surface area contributed by atoms with Gasteiger partial charge in [-0.25, -0.2) is 0 Å². The van der Waals surface area contributed by atoms with Gasteiger partial charge in [-0.3, -0.25) is 4.98 Å². The predicted octanol–water partition coefficient (Wildman–Crippen LogP) is 5.96. The van der Waals surface area contributed by atoms with Crippen molar-refractivity contribution < 1.29 is 9.47 Å². The van der Waals surface area contributed by atoms with Crippen LogP contribution in [0.5, 0.6) is 11.5 Å². The fourth-order valence-corrected chi connectivity index (χ4v) is 3.73. The third-order valence-electron chi connectivity index (χ3n) is 5.19. The first-order valence-corrected chi connectivity index (χ1v) is 10.2. The molecule has 3 heteroatoms. The van der Waals surface area contributed by atoms with Crippen molar-refractivity contribution in [1.29, 1.82) is 0 Å². The van der Waals surface area contributed by atoms with Crippen LogP contribution in [-0.4, -0.2) is 12.1 Å². The summed E-state index contributed by atoms with van der Waals surface area (Å²) in [6.45, 7) is 4.97. The van der Waals surface area contributed by atoms with Crippen LogP contribution in [-0.2, 0) is 19.4 Å². The van der Waals surface area contributed by atoms with E-state index in [1.807, 2.05) is 18.2 Å². The van der Waals surface area contributed by atoms with Gasteiger partial charge in [-0.15, -0.1) is 0 Å². The van der Waals surface area contributed by atoms with Gasteiger partial charge in [0.2, 0.25) is 0 Å². The second kappa shape index (κ2) is 8.52. The van der Waals surface area contributed by atoms with Gasteiger partial charge in [0.15, 0.2) is 0 Å². The summed E-state index contributed by atoms with van der Waals surface area (Å²) in [5.74, 6) is 2.29. The Labute approximate surface area is 173 Å². The van der Waals surface area contributed by atoms with Crippen molar-refractivity contribution in [3.63, 3.8) is 0 Å². The van der Waals surface area contributed by atoms with E-state index in [1.54, 1.807) is 13.3 Å². The summed E-state index contributed by atoms with van der Waals surface area (Å²) in [4.78, 5) is 4.36. The van der Waals surface area contributed by atoms with Gasteiger partial charge in [0.05, 0.1) is 19.0 Å². The lowest BCUT2D eigenvalue weighted by Gasteiger charge is -2.09. The summed E-state index contributed by atoms with van der Waals surface area (Å²) < 4.78 is 11.1. The Morgan fingerprint density at radius 2 is 1.86 bits per heavy atom. The predicted molar refractivity (Wildman–Crippen MR) is 118 cm³/mol. The van der Waals surface area contributed by atoms with Crippen LogP contribution in [0.4, 0.5) is 0 Å². The number of hydrogen-bond acceptors (Lipinski definition) is 3. The van der Waals surface area contributed by atoms with E-state index < -0.39 is 0 Å². The average molecular weight is 386 g/mol. The van der Waals surface area contributed by atoms with Crippen molar-refractivity contribution >= 4 is 11.6 Å². The van der Waals surface area contributed by atoms with Crippen LogP contribution in [0, 0.1) is 5.92 Å². The highest BCUT2D eigenvalue weighted by molar-refractivity contribution is 5.89. The molecular formula is C26H27NO2. The Morgan fingerprint density at radius 1 is 1.00 bits per heavy atom. The lowest BCUT2D eigenvalue weighted by atomic mass is 9.97. The second-order valence-corrected chi connectivity index (χ2v) is 7.98. The number of pyridine rings is 1. The van der Waals surface area contributed by atoms with Crippen molar-refractivity contribution in [3.8, 4) is 11.5 Å². The number of ether oxygens (including phenoxy) is 2. The van der Waals surface area contributed by atoms with Crippen molar-refractivity contribution in [2.24, 2.45) is 5.92 Å². The number of rotatable bonds is 7. The summed E-state index contributed by atoms with van der Waals surface area (Å²) in [7, 11) is 1.64. The number of fused-ring (bicyclic) bond motifs is 1. The maximum Gasteiger partial charge on any atom is 0.137 e. The highest BCUT2D eigenvalue weighted by atomic mass is 16.5. The first-order valence-electron chi connectivity index (χ1n) is 10.2. The van der Waals surface area contributed by atoms with E-state index in [2.05, 4.69) is 61.3 Å². The highest BCUT2D eigenvalue weighted by Crippen LogP contribution is 2.34. The maximum atomic E-state index is 5.96. The highest BCUT2D eigenvalue weighted by Gasteiger charge is 2.15.